The summed E-state index contributed by atoms with van der Waals surface area (Å²) in [4.78, 5) is 21.1. The van der Waals surface area contributed by atoms with E-state index in [0.717, 1.165) is 23.9 Å². The highest BCUT2D eigenvalue weighted by atomic mass is 35.5. The van der Waals surface area contributed by atoms with Gasteiger partial charge in [-0.1, -0.05) is 53.7 Å². The van der Waals surface area contributed by atoms with Crippen molar-refractivity contribution in [2.45, 2.75) is 16.6 Å². The van der Waals surface area contributed by atoms with Crippen LogP contribution in [-0.4, -0.2) is 15.9 Å². The Bertz CT molecular complexity index is 956. The Morgan fingerprint density at radius 3 is 2.36 bits per heavy atom. The van der Waals surface area contributed by atoms with Gasteiger partial charge in [-0.25, -0.2) is 9.97 Å². The van der Waals surface area contributed by atoms with Crippen molar-refractivity contribution in [1.82, 2.24) is 9.97 Å². The minimum atomic E-state index is -4.62. The molecule has 3 rings (SSSR count). The number of hydrogen-bond donors (Lipinski definition) is 1. The van der Waals surface area contributed by atoms with Gasteiger partial charge in [-0.2, -0.15) is 13.2 Å². The van der Waals surface area contributed by atoms with Crippen molar-refractivity contribution in [3.63, 3.8) is 0 Å². The highest BCUT2D eigenvalue weighted by Gasteiger charge is 2.33. The standard InChI is InChI=1S/C19H13ClF3N3OS/c20-15-8-7-13(11-14(15)19(21,22)23)26-17(27)16(12-5-2-1-3-6-12)28-18-24-9-4-10-25-18/h1-11,16H,(H,26,27). The molecule has 0 bridgehead atoms. The molecule has 0 saturated heterocycles. The lowest BCUT2D eigenvalue weighted by atomic mass is 10.1. The van der Waals surface area contributed by atoms with Gasteiger partial charge in [0.25, 0.3) is 0 Å². The Labute approximate surface area is 168 Å². The molecule has 1 unspecified atom stereocenters. The van der Waals surface area contributed by atoms with E-state index in [2.05, 4.69) is 15.3 Å². The van der Waals surface area contributed by atoms with Gasteiger partial charge < -0.3 is 5.32 Å². The molecule has 2 aromatic carbocycles. The molecule has 28 heavy (non-hydrogen) atoms. The first-order valence-electron chi connectivity index (χ1n) is 8.01. The molecule has 1 heterocycles. The molecule has 1 atom stereocenters. The van der Waals surface area contributed by atoms with Crippen LogP contribution in [0.25, 0.3) is 0 Å². The highest BCUT2D eigenvalue weighted by Crippen LogP contribution is 2.37. The van der Waals surface area contributed by atoms with E-state index in [1.165, 1.54) is 6.07 Å². The Balaban J connectivity index is 1.88. The number of alkyl halides is 3. The fourth-order valence-electron chi connectivity index (χ4n) is 2.38. The maximum Gasteiger partial charge on any atom is 0.417 e. The summed E-state index contributed by atoms with van der Waals surface area (Å²) in [6.07, 6.45) is -1.53. The highest BCUT2D eigenvalue weighted by molar-refractivity contribution is 8.00. The summed E-state index contributed by atoms with van der Waals surface area (Å²) in [6.45, 7) is 0. The van der Waals surface area contributed by atoms with Gasteiger partial charge in [0.15, 0.2) is 5.16 Å². The summed E-state index contributed by atoms with van der Waals surface area (Å²) in [7, 11) is 0. The van der Waals surface area contributed by atoms with Gasteiger partial charge in [-0.05, 0) is 29.8 Å². The normalized spacial score (nSPS) is 12.4. The van der Waals surface area contributed by atoms with E-state index < -0.39 is 27.9 Å². The van der Waals surface area contributed by atoms with E-state index in [1.807, 2.05) is 0 Å². The number of nitrogens with one attached hydrogen (secondary N) is 1. The molecule has 0 aliphatic carbocycles. The Hall–Kier alpha value is -2.58. The van der Waals surface area contributed by atoms with Crippen molar-refractivity contribution in [2.75, 3.05) is 5.32 Å². The van der Waals surface area contributed by atoms with Crippen molar-refractivity contribution in [3.8, 4) is 0 Å². The first-order chi connectivity index (χ1) is 13.3. The third kappa shape index (κ3) is 5.02. The molecular formula is C19H13ClF3N3OS. The summed E-state index contributed by atoms with van der Waals surface area (Å²) < 4.78 is 39.2. The van der Waals surface area contributed by atoms with Crippen LogP contribution < -0.4 is 5.32 Å². The number of hydrogen-bond acceptors (Lipinski definition) is 4. The van der Waals surface area contributed by atoms with Crippen molar-refractivity contribution in [1.29, 1.82) is 0 Å². The van der Waals surface area contributed by atoms with Crippen LogP contribution in [0.2, 0.25) is 5.02 Å². The van der Waals surface area contributed by atoms with Crippen LogP contribution in [0.1, 0.15) is 16.4 Å². The molecule has 3 aromatic rings. The van der Waals surface area contributed by atoms with Gasteiger partial charge in [0.05, 0.1) is 10.6 Å². The molecule has 1 N–H and O–H groups in total. The average Bonchev–Trinajstić information content (AvgIpc) is 2.68. The maximum atomic E-state index is 13.1. The first kappa shape index (κ1) is 20.2. The fourth-order valence-corrected chi connectivity index (χ4v) is 3.52. The second kappa shape index (κ2) is 8.62. The molecule has 0 spiro atoms. The van der Waals surface area contributed by atoms with Crippen LogP contribution in [0.15, 0.2) is 72.1 Å². The number of rotatable bonds is 5. The molecule has 0 aliphatic heterocycles. The molecule has 9 heteroatoms. The third-order valence-corrected chi connectivity index (χ3v) is 5.12. The number of aromatic nitrogens is 2. The molecule has 0 radical (unpaired) electrons. The lowest BCUT2D eigenvalue weighted by Gasteiger charge is -2.17. The van der Waals surface area contributed by atoms with E-state index in [4.69, 9.17) is 11.6 Å². The SMILES string of the molecule is O=C(Nc1ccc(Cl)c(C(F)(F)F)c1)C(Sc1ncccn1)c1ccccc1. The zero-order valence-electron chi connectivity index (χ0n) is 14.2. The smallest absolute Gasteiger partial charge is 0.325 e. The second-order valence-corrected chi connectivity index (χ2v) is 7.10. The van der Waals surface area contributed by atoms with Crippen LogP contribution in [0.3, 0.4) is 0 Å². The van der Waals surface area contributed by atoms with Crippen molar-refractivity contribution in [3.05, 3.63) is 83.1 Å². The van der Waals surface area contributed by atoms with Gasteiger partial charge in [0.2, 0.25) is 5.91 Å². The minimum Gasteiger partial charge on any atom is -0.325 e. The van der Waals surface area contributed by atoms with Crippen molar-refractivity contribution < 1.29 is 18.0 Å². The Morgan fingerprint density at radius 2 is 1.71 bits per heavy atom. The van der Waals surface area contributed by atoms with E-state index in [1.54, 1.807) is 48.8 Å². The summed E-state index contributed by atoms with van der Waals surface area (Å²) in [5.74, 6) is -0.501. The second-order valence-electron chi connectivity index (χ2n) is 5.62. The molecule has 1 aromatic heterocycles. The zero-order valence-corrected chi connectivity index (χ0v) is 15.7. The molecule has 1 amide bonds. The average molecular weight is 424 g/mol. The third-order valence-electron chi connectivity index (χ3n) is 3.65. The van der Waals surface area contributed by atoms with Gasteiger partial charge >= 0.3 is 6.18 Å². The van der Waals surface area contributed by atoms with Gasteiger partial charge in [0.1, 0.15) is 5.25 Å². The van der Waals surface area contributed by atoms with Crippen LogP contribution >= 0.6 is 23.4 Å². The lowest BCUT2D eigenvalue weighted by molar-refractivity contribution is -0.137. The fraction of sp³-hybridized carbons (Fsp3) is 0.105. The monoisotopic (exact) mass is 423 g/mol. The number of benzene rings is 2. The van der Waals surface area contributed by atoms with Crippen LogP contribution in [0.4, 0.5) is 18.9 Å². The number of halogens is 4. The maximum absolute atomic E-state index is 13.1. The predicted molar refractivity (Wildman–Crippen MR) is 102 cm³/mol. The van der Waals surface area contributed by atoms with Gasteiger partial charge in [-0.3, -0.25) is 4.79 Å². The molecule has 0 saturated carbocycles. The summed E-state index contributed by atoms with van der Waals surface area (Å²) in [5.41, 5.74) is -0.345. The molecule has 0 fully saturated rings. The number of carbonyl (C=O) groups excluding carboxylic acids is 1. The minimum absolute atomic E-state index is 0.00256. The van der Waals surface area contributed by atoms with Crippen molar-refractivity contribution in [2.24, 2.45) is 0 Å². The summed E-state index contributed by atoms with van der Waals surface area (Å²) >= 11 is 6.73. The molecule has 4 nitrogen and oxygen atoms in total. The Kier molecular flexibility index (Phi) is 6.21. The van der Waals surface area contributed by atoms with Crippen LogP contribution in [-0.2, 0) is 11.0 Å². The van der Waals surface area contributed by atoms with Crippen LogP contribution in [0, 0.1) is 0 Å². The van der Waals surface area contributed by atoms with Crippen LogP contribution in [0.5, 0.6) is 0 Å². The van der Waals surface area contributed by atoms with E-state index in [-0.39, 0.29) is 5.69 Å². The topological polar surface area (TPSA) is 54.9 Å². The molecule has 144 valence electrons. The Morgan fingerprint density at radius 1 is 1.04 bits per heavy atom. The number of nitrogens with zero attached hydrogens (tertiary/aromatic N) is 2. The van der Waals surface area contributed by atoms with Crippen molar-refractivity contribution >= 4 is 35.0 Å². The number of anilines is 1. The van der Waals surface area contributed by atoms with E-state index >= 15 is 0 Å². The number of thioether (sulfide) groups is 1. The van der Waals surface area contributed by atoms with E-state index in [0.29, 0.717) is 10.7 Å². The number of carbonyl (C=O) groups is 1. The quantitative estimate of drug-likeness (QED) is 0.427. The summed E-state index contributed by atoms with van der Waals surface area (Å²) in [5, 5.41) is 1.71. The first-order valence-corrected chi connectivity index (χ1v) is 9.26. The molecular weight excluding hydrogens is 411 g/mol. The van der Waals surface area contributed by atoms with E-state index in [9.17, 15) is 18.0 Å². The largest absolute Gasteiger partial charge is 0.417 e. The van der Waals surface area contributed by atoms with Gasteiger partial charge in [-0.15, -0.1) is 0 Å². The molecule has 0 aliphatic rings. The zero-order chi connectivity index (χ0) is 20.1. The summed E-state index contributed by atoms with van der Waals surface area (Å²) in [6, 6.07) is 13.7. The van der Waals surface area contributed by atoms with Gasteiger partial charge in [0, 0.05) is 18.1 Å². The number of amides is 1. The predicted octanol–water partition coefficient (Wildman–Crippen LogP) is 5.62. The lowest BCUT2D eigenvalue weighted by Crippen LogP contribution is -2.20.